The molecular weight excluding hydrogens is 250 g/mol. The summed E-state index contributed by atoms with van der Waals surface area (Å²) in [5, 5.41) is 0. The van der Waals surface area contributed by atoms with Crippen molar-refractivity contribution in [2.75, 3.05) is 39.3 Å². The van der Waals surface area contributed by atoms with Crippen molar-refractivity contribution in [3.63, 3.8) is 0 Å². The summed E-state index contributed by atoms with van der Waals surface area (Å²) < 4.78 is 5.84. The summed E-state index contributed by atoms with van der Waals surface area (Å²) >= 11 is 0. The molecule has 110 valence electrons. The SMILES string of the molecule is c1ccc(CN2CCN(CC3CCCCO3)CC2)nc1. The zero-order chi connectivity index (χ0) is 13.6. The molecule has 2 aliphatic heterocycles. The Balaban J connectivity index is 1.40. The normalized spacial score (nSPS) is 25.7. The van der Waals surface area contributed by atoms with Crippen LogP contribution < -0.4 is 0 Å². The first-order chi connectivity index (χ1) is 9.90. The van der Waals surface area contributed by atoms with Gasteiger partial charge in [-0.05, 0) is 31.4 Å². The van der Waals surface area contributed by atoms with Gasteiger partial charge >= 0.3 is 0 Å². The van der Waals surface area contributed by atoms with Gasteiger partial charge in [0.25, 0.3) is 0 Å². The van der Waals surface area contributed by atoms with Gasteiger partial charge < -0.3 is 4.74 Å². The van der Waals surface area contributed by atoms with E-state index >= 15 is 0 Å². The lowest BCUT2D eigenvalue weighted by Gasteiger charge is -2.37. The van der Waals surface area contributed by atoms with Crippen molar-refractivity contribution in [2.45, 2.75) is 31.9 Å². The lowest BCUT2D eigenvalue weighted by Crippen LogP contribution is -2.48. The van der Waals surface area contributed by atoms with Crippen LogP contribution in [0.25, 0.3) is 0 Å². The number of aromatic nitrogens is 1. The first-order valence-corrected chi connectivity index (χ1v) is 7.86. The number of nitrogens with zero attached hydrogens (tertiary/aromatic N) is 3. The highest BCUT2D eigenvalue weighted by molar-refractivity contribution is 5.03. The van der Waals surface area contributed by atoms with Crippen LogP contribution in [0.2, 0.25) is 0 Å². The van der Waals surface area contributed by atoms with Gasteiger partial charge in [0.15, 0.2) is 0 Å². The molecule has 4 heteroatoms. The Morgan fingerprint density at radius 1 is 1.10 bits per heavy atom. The molecule has 0 amide bonds. The number of hydrogen-bond donors (Lipinski definition) is 0. The number of piperazine rings is 1. The number of rotatable bonds is 4. The molecule has 0 aliphatic carbocycles. The van der Waals surface area contributed by atoms with E-state index < -0.39 is 0 Å². The summed E-state index contributed by atoms with van der Waals surface area (Å²) in [4.78, 5) is 9.47. The van der Waals surface area contributed by atoms with E-state index in [1.165, 1.54) is 25.0 Å². The molecule has 0 saturated carbocycles. The summed E-state index contributed by atoms with van der Waals surface area (Å²) in [5.41, 5.74) is 1.18. The van der Waals surface area contributed by atoms with Crippen LogP contribution in [0.3, 0.4) is 0 Å². The van der Waals surface area contributed by atoms with E-state index in [4.69, 9.17) is 4.74 Å². The quantitative estimate of drug-likeness (QED) is 0.837. The highest BCUT2D eigenvalue weighted by atomic mass is 16.5. The van der Waals surface area contributed by atoms with Crippen LogP contribution in [0.15, 0.2) is 24.4 Å². The summed E-state index contributed by atoms with van der Waals surface area (Å²) in [6.07, 6.45) is 6.19. The number of pyridine rings is 1. The van der Waals surface area contributed by atoms with E-state index in [2.05, 4.69) is 26.9 Å². The fraction of sp³-hybridized carbons (Fsp3) is 0.688. The third-order valence-electron chi connectivity index (χ3n) is 4.31. The lowest BCUT2D eigenvalue weighted by atomic mass is 10.1. The van der Waals surface area contributed by atoms with E-state index in [0.717, 1.165) is 45.9 Å². The first kappa shape index (κ1) is 14.0. The molecule has 3 rings (SSSR count). The summed E-state index contributed by atoms with van der Waals surface area (Å²) in [7, 11) is 0. The Bertz CT molecular complexity index is 384. The predicted octanol–water partition coefficient (Wildman–Crippen LogP) is 1.77. The topological polar surface area (TPSA) is 28.6 Å². The maximum absolute atomic E-state index is 5.84. The van der Waals surface area contributed by atoms with Crippen LogP contribution in [-0.4, -0.2) is 60.2 Å². The van der Waals surface area contributed by atoms with Crippen molar-refractivity contribution < 1.29 is 4.74 Å². The zero-order valence-corrected chi connectivity index (χ0v) is 12.2. The van der Waals surface area contributed by atoms with Gasteiger partial charge in [0.1, 0.15) is 0 Å². The molecule has 1 aromatic heterocycles. The smallest absolute Gasteiger partial charge is 0.0702 e. The fourth-order valence-corrected chi connectivity index (χ4v) is 3.09. The molecule has 2 fully saturated rings. The largest absolute Gasteiger partial charge is 0.377 e. The average Bonchev–Trinajstić information content (AvgIpc) is 2.51. The molecule has 2 aliphatic rings. The molecule has 1 unspecified atom stereocenters. The number of hydrogen-bond acceptors (Lipinski definition) is 4. The Morgan fingerprint density at radius 2 is 1.95 bits per heavy atom. The molecule has 0 aromatic carbocycles. The van der Waals surface area contributed by atoms with Crippen molar-refractivity contribution in [1.29, 1.82) is 0 Å². The van der Waals surface area contributed by atoms with E-state index in [9.17, 15) is 0 Å². The van der Waals surface area contributed by atoms with Gasteiger partial charge in [0.2, 0.25) is 0 Å². The monoisotopic (exact) mass is 275 g/mol. The molecule has 20 heavy (non-hydrogen) atoms. The van der Waals surface area contributed by atoms with Crippen LogP contribution in [0.5, 0.6) is 0 Å². The Hall–Kier alpha value is -0.970. The second kappa shape index (κ2) is 7.16. The molecule has 0 bridgehead atoms. The maximum Gasteiger partial charge on any atom is 0.0702 e. The molecule has 4 nitrogen and oxygen atoms in total. The van der Waals surface area contributed by atoms with Crippen molar-refractivity contribution in [2.24, 2.45) is 0 Å². The van der Waals surface area contributed by atoms with Gasteiger partial charge in [-0.3, -0.25) is 14.8 Å². The van der Waals surface area contributed by atoms with Crippen LogP contribution in [0.1, 0.15) is 25.0 Å². The highest BCUT2D eigenvalue weighted by Gasteiger charge is 2.21. The predicted molar refractivity (Wildman–Crippen MR) is 79.5 cm³/mol. The minimum absolute atomic E-state index is 0.478. The Kier molecular flexibility index (Phi) is 5.01. The first-order valence-electron chi connectivity index (χ1n) is 7.86. The van der Waals surface area contributed by atoms with Crippen molar-refractivity contribution in [3.8, 4) is 0 Å². The summed E-state index contributed by atoms with van der Waals surface area (Å²) in [5.74, 6) is 0. The molecule has 0 radical (unpaired) electrons. The van der Waals surface area contributed by atoms with Crippen LogP contribution >= 0.6 is 0 Å². The maximum atomic E-state index is 5.84. The molecule has 2 saturated heterocycles. The minimum atomic E-state index is 0.478. The van der Waals surface area contributed by atoms with Gasteiger partial charge in [-0.25, -0.2) is 0 Å². The van der Waals surface area contributed by atoms with Crippen molar-refractivity contribution in [3.05, 3.63) is 30.1 Å². The van der Waals surface area contributed by atoms with Gasteiger partial charge in [-0.1, -0.05) is 6.07 Å². The lowest BCUT2D eigenvalue weighted by molar-refractivity contribution is -0.0146. The second-order valence-corrected chi connectivity index (χ2v) is 5.89. The highest BCUT2D eigenvalue weighted by Crippen LogP contribution is 2.15. The number of ether oxygens (including phenoxy) is 1. The minimum Gasteiger partial charge on any atom is -0.377 e. The summed E-state index contributed by atoms with van der Waals surface area (Å²) in [6, 6.07) is 6.16. The van der Waals surface area contributed by atoms with Crippen LogP contribution in [-0.2, 0) is 11.3 Å². The van der Waals surface area contributed by atoms with Crippen LogP contribution in [0.4, 0.5) is 0 Å². The third-order valence-corrected chi connectivity index (χ3v) is 4.31. The standard InChI is InChI=1S/C16H25N3O/c1-3-7-17-15(5-1)13-18-8-10-19(11-9-18)14-16-6-2-4-12-20-16/h1,3,5,7,16H,2,4,6,8-14H2. The van der Waals surface area contributed by atoms with Gasteiger partial charge in [0, 0.05) is 52.1 Å². The van der Waals surface area contributed by atoms with Gasteiger partial charge in [-0.15, -0.1) is 0 Å². The Labute approximate surface area is 121 Å². The second-order valence-electron chi connectivity index (χ2n) is 5.89. The molecular formula is C16H25N3O. The average molecular weight is 275 g/mol. The van der Waals surface area contributed by atoms with Gasteiger partial charge in [-0.2, -0.15) is 0 Å². The van der Waals surface area contributed by atoms with Crippen LogP contribution in [0, 0.1) is 0 Å². The van der Waals surface area contributed by atoms with E-state index in [1.54, 1.807) is 0 Å². The molecule has 3 heterocycles. The summed E-state index contributed by atoms with van der Waals surface area (Å²) in [6.45, 7) is 7.67. The zero-order valence-electron chi connectivity index (χ0n) is 12.2. The third kappa shape index (κ3) is 4.01. The van der Waals surface area contributed by atoms with Gasteiger partial charge in [0.05, 0.1) is 11.8 Å². The molecule has 1 atom stereocenters. The van der Waals surface area contributed by atoms with Crippen molar-refractivity contribution in [1.82, 2.24) is 14.8 Å². The fourth-order valence-electron chi connectivity index (χ4n) is 3.09. The van der Waals surface area contributed by atoms with E-state index in [1.807, 2.05) is 12.3 Å². The van der Waals surface area contributed by atoms with E-state index in [-0.39, 0.29) is 0 Å². The molecule has 0 N–H and O–H groups in total. The van der Waals surface area contributed by atoms with Crippen molar-refractivity contribution >= 4 is 0 Å². The van der Waals surface area contributed by atoms with E-state index in [0.29, 0.717) is 6.10 Å². The molecule has 0 spiro atoms. The molecule has 1 aromatic rings. The Morgan fingerprint density at radius 3 is 2.65 bits per heavy atom.